The van der Waals surface area contributed by atoms with Gasteiger partial charge in [0.15, 0.2) is 0 Å². The van der Waals surface area contributed by atoms with Gasteiger partial charge in [0.25, 0.3) is 11.8 Å². The summed E-state index contributed by atoms with van der Waals surface area (Å²) in [7, 11) is 0. The number of rotatable bonds is 4. The summed E-state index contributed by atoms with van der Waals surface area (Å²) in [5.41, 5.74) is 0.812. The molecule has 6 heteroatoms. The van der Waals surface area contributed by atoms with Crippen molar-refractivity contribution in [3.63, 3.8) is 0 Å². The van der Waals surface area contributed by atoms with Crippen LogP contribution < -0.4 is 5.32 Å². The molecule has 1 aliphatic rings. The summed E-state index contributed by atoms with van der Waals surface area (Å²) in [5, 5.41) is 2.47. The van der Waals surface area contributed by atoms with Gasteiger partial charge in [0.2, 0.25) is 0 Å². The first-order valence-corrected chi connectivity index (χ1v) is 6.01. The molecule has 0 aromatic heterocycles. The summed E-state index contributed by atoms with van der Waals surface area (Å²) in [6.07, 6.45) is -0.556. The molecule has 0 bridgehead atoms. The second kappa shape index (κ2) is 5.51. The molecular formula is C13H14N2O4. The van der Waals surface area contributed by atoms with Crippen LogP contribution in [0.2, 0.25) is 0 Å². The van der Waals surface area contributed by atoms with Crippen molar-refractivity contribution in [1.82, 2.24) is 10.2 Å². The van der Waals surface area contributed by atoms with Crippen LogP contribution in [-0.2, 0) is 4.74 Å². The molecule has 2 rings (SSSR count). The average molecular weight is 262 g/mol. The van der Waals surface area contributed by atoms with Gasteiger partial charge in [-0.25, -0.2) is 4.79 Å². The molecule has 0 spiro atoms. The van der Waals surface area contributed by atoms with Crippen molar-refractivity contribution < 1.29 is 19.1 Å². The predicted molar refractivity (Wildman–Crippen MR) is 66.8 cm³/mol. The lowest BCUT2D eigenvalue weighted by molar-refractivity contribution is 0.0652. The van der Waals surface area contributed by atoms with Gasteiger partial charge < -0.3 is 10.1 Å². The number of carbonyl (C=O) groups is 3. The monoisotopic (exact) mass is 262 g/mol. The fraction of sp³-hybridized carbons (Fsp3) is 0.308. The van der Waals surface area contributed by atoms with Crippen LogP contribution in [0.5, 0.6) is 0 Å². The van der Waals surface area contributed by atoms with E-state index in [0.717, 1.165) is 4.90 Å². The van der Waals surface area contributed by atoms with Crippen molar-refractivity contribution in [1.29, 1.82) is 0 Å². The van der Waals surface area contributed by atoms with Crippen LogP contribution in [0.3, 0.4) is 0 Å². The van der Waals surface area contributed by atoms with Crippen LogP contribution in [0.4, 0.5) is 4.79 Å². The number of carbonyl (C=O) groups excluding carboxylic acids is 3. The highest BCUT2D eigenvalue weighted by molar-refractivity contribution is 6.21. The molecule has 0 saturated carbocycles. The first-order valence-electron chi connectivity index (χ1n) is 6.01. The first kappa shape index (κ1) is 13.1. The molecule has 1 heterocycles. The zero-order valence-corrected chi connectivity index (χ0v) is 10.5. The molecule has 0 radical (unpaired) electrons. The normalized spacial score (nSPS) is 13.4. The van der Waals surface area contributed by atoms with Crippen molar-refractivity contribution in [3.8, 4) is 0 Å². The van der Waals surface area contributed by atoms with Gasteiger partial charge in [-0.05, 0) is 19.1 Å². The van der Waals surface area contributed by atoms with Gasteiger partial charge in [-0.2, -0.15) is 0 Å². The van der Waals surface area contributed by atoms with E-state index in [0.29, 0.717) is 11.1 Å². The lowest BCUT2D eigenvalue weighted by atomic mass is 10.1. The number of nitrogens with one attached hydrogen (secondary N) is 1. The molecule has 0 aliphatic carbocycles. The summed E-state index contributed by atoms with van der Waals surface area (Å²) in [6.45, 7) is 2.28. The number of imide groups is 1. The molecule has 0 fully saturated rings. The summed E-state index contributed by atoms with van der Waals surface area (Å²) < 4.78 is 4.68. The van der Waals surface area contributed by atoms with Crippen LogP contribution in [0.25, 0.3) is 0 Å². The third-order valence-electron chi connectivity index (χ3n) is 2.76. The lowest BCUT2D eigenvalue weighted by Gasteiger charge is -2.13. The van der Waals surface area contributed by atoms with E-state index in [9.17, 15) is 14.4 Å². The van der Waals surface area contributed by atoms with Crippen molar-refractivity contribution in [3.05, 3.63) is 35.4 Å². The Balaban J connectivity index is 1.95. The third-order valence-corrected chi connectivity index (χ3v) is 2.76. The Kier molecular flexibility index (Phi) is 3.79. The zero-order valence-electron chi connectivity index (χ0n) is 10.5. The number of nitrogens with zero attached hydrogens (tertiary/aromatic N) is 1. The van der Waals surface area contributed by atoms with Crippen LogP contribution >= 0.6 is 0 Å². The Labute approximate surface area is 110 Å². The zero-order chi connectivity index (χ0) is 13.8. The molecule has 1 aromatic carbocycles. The predicted octanol–water partition coefficient (Wildman–Crippen LogP) is 1.03. The summed E-state index contributed by atoms with van der Waals surface area (Å²) in [5.74, 6) is -0.655. The Morgan fingerprint density at radius 2 is 1.79 bits per heavy atom. The molecular weight excluding hydrogens is 248 g/mol. The minimum absolute atomic E-state index is 0.130. The fourth-order valence-electron chi connectivity index (χ4n) is 1.89. The standard InChI is InChI=1S/C13H14N2O4/c1-2-19-13(18)14-7-8-15-11(16)9-5-3-4-6-10(9)12(15)17/h3-6H,2,7-8H2,1H3,(H,14,18). The second-order valence-electron chi connectivity index (χ2n) is 3.95. The molecule has 0 saturated heterocycles. The summed E-state index contributed by atoms with van der Waals surface area (Å²) >= 11 is 0. The summed E-state index contributed by atoms with van der Waals surface area (Å²) in [6, 6.07) is 6.66. The molecule has 1 aromatic rings. The maximum absolute atomic E-state index is 12.0. The van der Waals surface area contributed by atoms with Gasteiger partial charge in [-0.1, -0.05) is 12.1 Å². The Morgan fingerprint density at radius 3 is 2.32 bits per heavy atom. The van der Waals surface area contributed by atoms with Crippen molar-refractivity contribution in [2.24, 2.45) is 0 Å². The van der Waals surface area contributed by atoms with Gasteiger partial charge in [0.1, 0.15) is 0 Å². The van der Waals surface area contributed by atoms with Crippen LogP contribution in [0, 0.1) is 0 Å². The Bertz CT molecular complexity index is 492. The number of amides is 3. The van der Waals surface area contributed by atoms with Crippen molar-refractivity contribution in [2.75, 3.05) is 19.7 Å². The largest absolute Gasteiger partial charge is 0.450 e. The van der Waals surface area contributed by atoms with Gasteiger partial charge >= 0.3 is 6.09 Å². The highest BCUT2D eigenvalue weighted by Gasteiger charge is 2.34. The molecule has 0 atom stereocenters. The number of fused-ring (bicyclic) bond motifs is 1. The molecule has 0 unspecified atom stereocenters. The lowest BCUT2D eigenvalue weighted by Crippen LogP contribution is -2.38. The molecule has 1 N–H and O–H groups in total. The van der Waals surface area contributed by atoms with Crippen LogP contribution in [0.1, 0.15) is 27.6 Å². The number of hydrogen-bond acceptors (Lipinski definition) is 4. The quantitative estimate of drug-likeness (QED) is 0.822. The SMILES string of the molecule is CCOC(=O)NCCN1C(=O)c2ccccc2C1=O. The number of benzene rings is 1. The maximum Gasteiger partial charge on any atom is 0.407 e. The van der Waals surface area contributed by atoms with E-state index >= 15 is 0 Å². The molecule has 19 heavy (non-hydrogen) atoms. The average Bonchev–Trinajstić information content (AvgIpc) is 2.65. The van der Waals surface area contributed by atoms with Crippen molar-refractivity contribution >= 4 is 17.9 Å². The van der Waals surface area contributed by atoms with E-state index in [1.165, 1.54) is 0 Å². The van der Waals surface area contributed by atoms with Gasteiger partial charge in [0.05, 0.1) is 17.7 Å². The highest BCUT2D eigenvalue weighted by Crippen LogP contribution is 2.21. The van der Waals surface area contributed by atoms with Crippen LogP contribution in [-0.4, -0.2) is 42.5 Å². The van der Waals surface area contributed by atoms with Gasteiger partial charge in [0, 0.05) is 13.1 Å². The van der Waals surface area contributed by atoms with E-state index in [1.807, 2.05) is 0 Å². The van der Waals surface area contributed by atoms with E-state index in [4.69, 9.17) is 0 Å². The fourth-order valence-corrected chi connectivity index (χ4v) is 1.89. The number of hydrogen-bond donors (Lipinski definition) is 1. The third kappa shape index (κ3) is 2.57. The summed E-state index contributed by atoms with van der Waals surface area (Å²) in [4.78, 5) is 36.1. The smallest absolute Gasteiger partial charge is 0.407 e. The first-order chi connectivity index (χ1) is 9.15. The topological polar surface area (TPSA) is 75.7 Å². The van der Waals surface area contributed by atoms with Crippen LogP contribution in [0.15, 0.2) is 24.3 Å². The highest BCUT2D eigenvalue weighted by atomic mass is 16.5. The van der Waals surface area contributed by atoms with Gasteiger partial charge in [-0.15, -0.1) is 0 Å². The van der Waals surface area contributed by atoms with E-state index in [2.05, 4.69) is 10.1 Å². The number of ether oxygens (including phenoxy) is 1. The van der Waals surface area contributed by atoms with Gasteiger partial charge in [-0.3, -0.25) is 14.5 Å². The van der Waals surface area contributed by atoms with E-state index in [-0.39, 0.29) is 31.5 Å². The molecule has 1 aliphatic heterocycles. The van der Waals surface area contributed by atoms with E-state index in [1.54, 1.807) is 31.2 Å². The Hall–Kier alpha value is -2.37. The minimum atomic E-state index is -0.556. The Morgan fingerprint density at radius 1 is 1.21 bits per heavy atom. The second-order valence-corrected chi connectivity index (χ2v) is 3.95. The molecule has 3 amide bonds. The minimum Gasteiger partial charge on any atom is -0.450 e. The maximum atomic E-state index is 12.0. The van der Waals surface area contributed by atoms with Crippen molar-refractivity contribution in [2.45, 2.75) is 6.92 Å². The van der Waals surface area contributed by atoms with E-state index < -0.39 is 6.09 Å². The molecule has 100 valence electrons. The molecule has 6 nitrogen and oxygen atoms in total. The number of alkyl carbamates (subject to hydrolysis) is 1.